The van der Waals surface area contributed by atoms with E-state index in [0.29, 0.717) is 11.3 Å². The van der Waals surface area contributed by atoms with Gasteiger partial charge in [-0.1, -0.05) is 55.8 Å². The monoisotopic (exact) mass is 401 g/mol. The number of hydrogen-bond donors (Lipinski definition) is 0. The highest BCUT2D eigenvalue weighted by Gasteiger charge is 2.49. The van der Waals surface area contributed by atoms with Crippen LogP contribution in [0.1, 0.15) is 30.5 Å². The van der Waals surface area contributed by atoms with Gasteiger partial charge in [-0.05, 0) is 30.2 Å². The zero-order valence-electron chi connectivity index (χ0n) is 17.8. The third-order valence-electron chi connectivity index (χ3n) is 6.38. The van der Waals surface area contributed by atoms with Crippen LogP contribution in [0.15, 0.2) is 60.9 Å². The second-order valence-corrected chi connectivity index (χ2v) is 9.18. The molecule has 3 heterocycles. The minimum Gasteiger partial charge on any atom is -0.438 e. The lowest BCUT2D eigenvalue weighted by Gasteiger charge is -2.55. The highest BCUT2D eigenvalue weighted by atomic mass is 16.5. The average molecular weight is 402 g/mol. The summed E-state index contributed by atoms with van der Waals surface area (Å²) < 4.78 is 11.2. The first kappa shape index (κ1) is 19.1. The van der Waals surface area contributed by atoms with Gasteiger partial charge < -0.3 is 14.4 Å². The fourth-order valence-electron chi connectivity index (χ4n) is 4.22. The Bertz CT molecular complexity index is 1020. The predicted octanol–water partition coefficient (Wildman–Crippen LogP) is 4.74. The lowest BCUT2D eigenvalue weighted by atomic mass is 9.78. The van der Waals surface area contributed by atoms with Gasteiger partial charge in [0.05, 0.1) is 31.0 Å². The molecule has 2 saturated heterocycles. The number of aromatic nitrogens is 2. The standard InChI is InChI=1S/C25H27N3O2/c1-18-4-6-19(7-5-18)24(2,3)20-8-10-21(11-9-20)30-23-13-26-22(12-27-23)28-14-25(15-28)16-29-17-25/h4-13H,14-17H2,1-3H3. The molecule has 0 radical (unpaired) electrons. The molecular weight excluding hydrogens is 374 g/mol. The topological polar surface area (TPSA) is 47.5 Å². The molecule has 1 spiro atoms. The van der Waals surface area contributed by atoms with E-state index in [4.69, 9.17) is 9.47 Å². The van der Waals surface area contributed by atoms with Crippen molar-refractivity contribution in [1.82, 2.24) is 9.97 Å². The van der Waals surface area contributed by atoms with Gasteiger partial charge in [-0.2, -0.15) is 0 Å². The average Bonchev–Trinajstić information content (AvgIpc) is 2.68. The lowest BCUT2D eigenvalue weighted by Crippen LogP contribution is -2.66. The molecule has 30 heavy (non-hydrogen) atoms. The van der Waals surface area contributed by atoms with Gasteiger partial charge in [0, 0.05) is 18.5 Å². The normalized spacial score (nSPS) is 17.4. The Morgan fingerprint density at radius 3 is 2.07 bits per heavy atom. The number of aryl methyl sites for hydroxylation is 1. The molecule has 0 N–H and O–H groups in total. The Kier molecular flexibility index (Phi) is 4.51. The summed E-state index contributed by atoms with van der Waals surface area (Å²) in [6, 6.07) is 17.0. The molecule has 2 aliphatic heterocycles. The van der Waals surface area contributed by atoms with Crippen molar-refractivity contribution in [2.45, 2.75) is 26.2 Å². The molecule has 0 unspecified atom stereocenters. The minimum absolute atomic E-state index is 0.0757. The molecule has 0 bridgehead atoms. The van der Waals surface area contributed by atoms with Gasteiger partial charge in [-0.15, -0.1) is 0 Å². The first-order valence-corrected chi connectivity index (χ1v) is 10.4. The van der Waals surface area contributed by atoms with Crippen molar-refractivity contribution in [3.05, 3.63) is 77.6 Å². The van der Waals surface area contributed by atoms with Crippen LogP contribution in [-0.4, -0.2) is 36.3 Å². The van der Waals surface area contributed by atoms with Crippen LogP contribution < -0.4 is 9.64 Å². The van der Waals surface area contributed by atoms with E-state index < -0.39 is 0 Å². The van der Waals surface area contributed by atoms with Gasteiger partial charge in [0.15, 0.2) is 0 Å². The van der Waals surface area contributed by atoms with Crippen LogP contribution in [-0.2, 0) is 10.2 Å². The molecule has 2 aliphatic rings. The minimum atomic E-state index is -0.0757. The van der Waals surface area contributed by atoms with Crippen LogP contribution in [0.5, 0.6) is 11.6 Å². The van der Waals surface area contributed by atoms with Crippen LogP contribution >= 0.6 is 0 Å². The van der Waals surface area contributed by atoms with E-state index in [9.17, 15) is 0 Å². The van der Waals surface area contributed by atoms with E-state index in [1.165, 1.54) is 16.7 Å². The van der Waals surface area contributed by atoms with Crippen molar-refractivity contribution in [2.75, 3.05) is 31.2 Å². The highest BCUT2D eigenvalue weighted by Crippen LogP contribution is 2.39. The summed E-state index contributed by atoms with van der Waals surface area (Å²) >= 11 is 0. The molecule has 2 fully saturated rings. The summed E-state index contributed by atoms with van der Waals surface area (Å²) in [6.45, 7) is 10.3. The quantitative estimate of drug-likeness (QED) is 0.618. The Balaban J connectivity index is 1.24. The molecule has 2 aromatic carbocycles. The largest absolute Gasteiger partial charge is 0.438 e. The zero-order chi connectivity index (χ0) is 20.8. The molecular formula is C25H27N3O2. The second kappa shape index (κ2) is 7.10. The first-order valence-electron chi connectivity index (χ1n) is 10.4. The van der Waals surface area contributed by atoms with Gasteiger partial charge in [-0.3, -0.25) is 0 Å². The SMILES string of the molecule is Cc1ccc(C(C)(C)c2ccc(Oc3cnc(N4CC5(COC5)C4)cn3)cc2)cc1. The molecule has 5 heteroatoms. The van der Waals surface area contributed by atoms with Crippen LogP contribution in [0, 0.1) is 12.3 Å². The summed E-state index contributed by atoms with van der Waals surface area (Å²) in [5.74, 6) is 2.16. The molecule has 5 rings (SSSR count). The number of benzene rings is 2. The second-order valence-electron chi connectivity index (χ2n) is 9.18. The van der Waals surface area contributed by atoms with E-state index >= 15 is 0 Å². The molecule has 0 aliphatic carbocycles. The van der Waals surface area contributed by atoms with Gasteiger partial charge >= 0.3 is 0 Å². The third-order valence-corrected chi connectivity index (χ3v) is 6.38. The van der Waals surface area contributed by atoms with E-state index in [1.54, 1.807) is 12.4 Å². The summed E-state index contributed by atoms with van der Waals surface area (Å²) in [5.41, 5.74) is 4.10. The van der Waals surface area contributed by atoms with Crippen molar-refractivity contribution >= 4 is 5.82 Å². The molecule has 154 valence electrons. The van der Waals surface area contributed by atoms with Crippen molar-refractivity contribution in [1.29, 1.82) is 0 Å². The summed E-state index contributed by atoms with van der Waals surface area (Å²) in [4.78, 5) is 11.2. The molecule has 0 atom stereocenters. The fourth-order valence-corrected chi connectivity index (χ4v) is 4.22. The molecule has 1 aromatic heterocycles. The number of nitrogens with zero attached hydrogens (tertiary/aromatic N) is 3. The first-order chi connectivity index (χ1) is 14.4. The van der Waals surface area contributed by atoms with Crippen molar-refractivity contribution in [3.8, 4) is 11.6 Å². The third kappa shape index (κ3) is 3.43. The van der Waals surface area contributed by atoms with Gasteiger partial charge in [0.2, 0.25) is 5.88 Å². The Labute approximate surface area is 177 Å². The Hall–Kier alpha value is -2.92. The van der Waals surface area contributed by atoms with Gasteiger partial charge in [-0.25, -0.2) is 9.97 Å². The van der Waals surface area contributed by atoms with Gasteiger partial charge in [0.25, 0.3) is 0 Å². The summed E-state index contributed by atoms with van der Waals surface area (Å²) in [6.07, 6.45) is 3.48. The maximum Gasteiger partial charge on any atom is 0.237 e. The van der Waals surface area contributed by atoms with Crippen molar-refractivity contribution in [2.24, 2.45) is 5.41 Å². The van der Waals surface area contributed by atoms with Gasteiger partial charge in [0.1, 0.15) is 11.6 Å². The van der Waals surface area contributed by atoms with Crippen LogP contribution in [0.3, 0.4) is 0 Å². The Morgan fingerprint density at radius 1 is 0.900 bits per heavy atom. The van der Waals surface area contributed by atoms with Crippen LogP contribution in [0.4, 0.5) is 5.82 Å². The summed E-state index contributed by atoms with van der Waals surface area (Å²) in [5, 5.41) is 0. The van der Waals surface area contributed by atoms with E-state index in [0.717, 1.165) is 37.9 Å². The zero-order valence-corrected chi connectivity index (χ0v) is 17.8. The molecule has 3 aromatic rings. The van der Waals surface area contributed by atoms with E-state index in [1.807, 2.05) is 12.1 Å². The number of rotatable bonds is 5. The van der Waals surface area contributed by atoms with Crippen molar-refractivity contribution < 1.29 is 9.47 Å². The highest BCUT2D eigenvalue weighted by molar-refractivity contribution is 5.44. The van der Waals surface area contributed by atoms with E-state index in [2.05, 4.69) is 72.0 Å². The number of ether oxygens (including phenoxy) is 2. The number of hydrogen-bond acceptors (Lipinski definition) is 5. The van der Waals surface area contributed by atoms with Crippen LogP contribution in [0.2, 0.25) is 0 Å². The smallest absolute Gasteiger partial charge is 0.237 e. The maximum absolute atomic E-state index is 5.92. The predicted molar refractivity (Wildman–Crippen MR) is 117 cm³/mol. The molecule has 0 saturated carbocycles. The fraction of sp³-hybridized carbons (Fsp3) is 0.360. The Morgan fingerprint density at radius 2 is 1.53 bits per heavy atom. The summed E-state index contributed by atoms with van der Waals surface area (Å²) in [7, 11) is 0. The van der Waals surface area contributed by atoms with Crippen LogP contribution in [0.25, 0.3) is 0 Å². The number of anilines is 1. The maximum atomic E-state index is 5.92. The van der Waals surface area contributed by atoms with Crippen molar-refractivity contribution in [3.63, 3.8) is 0 Å². The van der Waals surface area contributed by atoms with E-state index in [-0.39, 0.29) is 5.41 Å². The molecule has 5 nitrogen and oxygen atoms in total. The lowest BCUT2D eigenvalue weighted by molar-refractivity contribution is -0.127. The molecule has 0 amide bonds.